The van der Waals surface area contributed by atoms with Gasteiger partial charge in [0.2, 0.25) is 0 Å². The Morgan fingerprint density at radius 3 is 2.93 bits per heavy atom. The summed E-state index contributed by atoms with van der Waals surface area (Å²) in [5, 5.41) is 3.33. The minimum atomic E-state index is -0.161. The highest BCUT2D eigenvalue weighted by molar-refractivity contribution is 5.51. The Kier molecular flexibility index (Phi) is 2.91. The average molecular weight is 209 g/mol. The van der Waals surface area contributed by atoms with Crippen LogP contribution in [0.25, 0.3) is 0 Å². The van der Waals surface area contributed by atoms with Crippen molar-refractivity contribution >= 4 is 5.69 Å². The van der Waals surface area contributed by atoms with Crippen molar-refractivity contribution in [1.82, 2.24) is 0 Å². The van der Waals surface area contributed by atoms with Crippen molar-refractivity contribution in [2.75, 3.05) is 11.9 Å². The number of rotatable bonds is 2. The van der Waals surface area contributed by atoms with Gasteiger partial charge in [0.25, 0.3) is 0 Å². The van der Waals surface area contributed by atoms with Crippen molar-refractivity contribution in [1.29, 1.82) is 0 Å². The minimum absolute atomic E-state index is 0.161. The Labute approximate surface area is 89.4 Å². The van der Waals surface area contributed by atoms with E-state index in [1.54, 1.807) is 13.0 Å². The van der Waals surface area contributed by atoms with Crippen molar-refractivity contribution in [3.63, 3.8) is 0 Å². The molecule has 2 atom stereocenters. The normalized spacial score (nSPS) is 25.5. The number of anilines is 1. The first-order valence-electron chi connectivity index (χ1n) is 5.31. The summed E-state index contributed by atoms with van der Waals surface area (Å²) >= 11 is 0. The van der Waals surface area contributed by atoms with E-state index in [9.17, 15) is 4.39 Å². The van der Waals surface area contributed by atoms with Crippen LogP contribution < -0.4 is 5.32 Å². The van der Waals surface area contributed by atoms with Gasteiger partial charge in [0.15, 0.2) is 0 Å². The maximum absolute atomic E-state index is 13.3. The monoisotopic (exact) mass is 209 g/mol. The fourth-order valence-corrected chi connectivity index (χ4v) is 1.88. The Morgan fingerprint density at radius 2 is 2.27 bits per heavy atom. The summed E-state index contributed by atoms with van der Waals surface area (Å²) < 4.78 is 18.7. The van der Waals surface area contributed by atoms with Crippen LogP contribution in [-0.4, -0.2) is 18.8 Å². The molecule has 1 N–H and O–H groups in total. The number of halogens is 1. The van der Waals surface area contributed by atoms with Crippen LogP contribution >= 0.6 is 0 Å². The molecule has 0 amide bonds. The largest absolute Gasteiger partial charge is 0.379 e. The third-order valence-corrected chi connectivity index (χ3v) is 2.98. The Bertz CT molecular complexity index is 353. The van der Waals surface area contributed by atoms with Gasteiger partial charge in [-0.2, -0.15) is 0 Å². The lowest BCUT2D eigenvalue weighted by Crippen LogP contribution is -2.27. The molecule has 2 nitrogen and oxygen atoms in total. The number of benzene rings is 1. The van der Waals surface area contributed by atoms with Gasteiger partial charge >= 0.3 is 0 Å². The lowest BCUT2D eigenvalue weighted by atomic mass is 10.1. The molecular weight excluding hydrogens is 193 g/mol. The molecule has 0 unspecified atom stereocenters. The molecule has 1 saturated heterocycles. The molecule has 82 valence electrons. The predicted molar refractivity (Wildman–Crippen MR) is 58.6 cm³/mol. The summed E-state index contributed by atoms with van der Waals surface area (Å²) in [5.74, 6) is -0.161. The summed E-state index contributed by atoms with van der Waals surface area (Å²) in [5.41, 5.74) is 1.55. The zero-order chi connectivity index (χ0) is 10.8. The van der Waals surface area contributed by atoms with Crippen LogP contribution in [0.1, 0.15) is 18.9 Å². The van der Waals surface area contributed by atoms with Crippen LogP contribution in [0.2, 0.25) is 0 Å². The summed E-state index contributed by atoms with van der Waals surface area (Å²) in [6.07, 6.45) is 1.18. The molecule has 1 aromatic rings. The van der Waals surface area contributed by atoms with Crippen LogP contribution in [0, 0.1) is 12.7 Å². The van der Waals surface area contributed by atoms with Crippen molar-refractivity contribution < 1.29 is 9.13 Å². The van der Waals surface area contributed by atoms with Gasteiger partial charge in [-0.25, -0.2) is 4.39 Å². The van der Waals surface area contributed by atoms with Crippen LogP contribution in [-0.2, 0) is 4.74 Å². The highest BCUT2D eigenvalue weighted by Crippen LogP contribution is 2.22. The molecule has 0 aliphatic carbocycles. The van der Waals surface area contributed by atoms with Gasteiger partial charge < -0.3 is 10.1 Å². The van der Waals surface area contributed by atoms with Gasteiger partial charge in [-0.1, -0.05) is 6.07 Å². The SMILES string of the molecule is Cc1c(F)cccc1N[C@H]1CCO[C@@H]1C. The molecule has 0 bridgehead atoms. The van der Waals surface area contributed by atoms with Gasteiger partial charge in [-0.05, 0) is 32.4 Å². The standard InChI is InChI=1S/C12H16FNO/c1-8-10(13)4-3-5-11(8)14-12-6-7-15-9(12)2/h3-5,9,12,14H,6-7H2,1-2H3/t9-,12+/m1/s1. The van der Waals surface area contributed by atoms with Crippen LogP contribution in [0.15, 0.2) is 18.2 Å². The smallest absolute Gasteiger partial charge is 0.128 e. The Morgan fingerprint density at radius 1 is 1.47 bits per heavy atom. The van der Waals surface area contributed by atoms with Crippen molar-refractivity contribution in [3.8, 4) is 0 Å². The molecular formula is C12H16FNO. The van der Waals surface area contributed by atoms with Gasteiger partial charge in [-0.15, -0.1) is 0 Å². The molecule has 15 heavy (non-hydrogen) atoms. The lowest BCUT2D eigenvalue weighted by molar-refractivity contribution is 0.121. The molecule has 1 aliphatic heterocycles. The first kappa shape index (κ1) is 10.4. The first-order valence-corrected chi connectivity index (χ1v) is 5.31. The zero-order valence-electron chi connectivity index (χ0n) is 9.09. The third-order valence-electron chi connectivity index (χ3n) is 2.98. The summed E-state index contributed by atoms with van der Waals surface area (Å²) in [6.45, 7) is 4.62. The van der Waals surface area contributed by atoms with E-state index in [2.05, 4.69) is 5.32 Å². The molecule has 1 aromatic carbocycles. The highest BCUT2D eigenvalue weighted by Gasteiger charge is 2.24. The maximum Gasteiger partial charge on any atom is 0.128 e. The van der Waals surface area contributed by atoms with Crippen molar-refractivity contribution in [2.24, 2.45) is 0 Å². The van der Waals surface area contributed by atoms with Gasteiger partial charge in [-0.3, -0.25) is 0 Å². The van der Waals surface area contributed by atoms with E-state index in [-0.39, 0.29) is 11.9 Å². The van der Waals surface area contributed by atoms with Crippen LogP contribution in [0.5, 0.6) is 0 Å². The molecule has 0 spiro atoms. The first-order chi connectivity index (χ1) is 7.18. The molecule has 0 aromatic heterocycles. The molecule has 0 radical (unpaired) electrons. The second-order valence-corrected chi connectivity index (χ2v) is 4.03. The van der Waals surface area contributed by atoms with E-state index in [1.165, 1.54) is 6.07 Å². The van der Waals surface area contributed by atoms with Gasteiger partial charge in [0.05, 0.1) is 12.1 Å². The second-order valence-electron chi connectivity index (χ2n) is 4.03. The van der Waals surface area contributed by atoms with E-state index in [1.807, 2.05) is 13.0 Å². The van der Waals surface area contributed by atoms with Crippen molar-refractivity contribution in [3.05, 3.63) is 29.6 Å². The summed E-state index contributed by atoms with van der Waals surface area (Å²) in [7, 11) is 0. The molecule has 0 saturated carbocycles. The summed E-state index contributed by atoms with van der Waals surface area (Å²) in [4.78, 5) is 0. The van der Waals surface area contributed by atoms with Gasteiger partial charge in [0.1, 0.15) is 5.82 Å². The quantitative estimate of drug-likeness (QED) is 0.808. The maximum atomic E-state index is 13.3. The van der Waals surface area contributed by atoms with E-state index in [0.29, 0.717) is 11.6 Å². The number of nitrogens with one attached hydrogen (secondary N) is 1. The highest BCUT2D eigenvalue weighted by atomic mass is 19.1. The average Bonchev–Trinajstić information content (AvgIpc) is 2.60. The van der Waals surface area contributed by atoms with Crippen LogP contribution in [0.4, 0.5) is 10.1 Å². The minimum Gasteiger partial charge on any atom is -0.379 e. The molecule has 3 heteroatoms. The fraction of sp³-hybridized carbons (Fsp3) is 0.500. The van der Waals surface area contributed by atoms with Crippen molar-refractivity contribution in [2.45, 2.75) is 32.4 Å². The lowest BCUT2D eigenvalue weighted by Gasteiger charge is -2.19. The third kappa shape index (κ3) is 2.12. The topological polar surface area (TPSA) is 21.3 Å². The molecule has 2 rings (SSSR count). The molecule has 1 fully saturated rings. The predicted octanol–water partition coefficient (Wildman–Crippen LogP) is 2.72. The zero-order valence-corrected chi connectivity index (χ0v) is 9.09. The number of hydrogen-bond acceptors (Lipinski definition) is 2. The Balaban J connectivity index is 2.13. The fourth-order valence-electron chi connectivity index (χ4n) is 1.88. The van der Waals surface area contributed by atoms with E-state index in [4.69, 9.17) is 4.74 Å². The van der Waals surface area contributed by atoms with Crippen LogP contribution in [0.3, 0.4) is 0 Å². The molecule has 1 aliphatic rings. The van der Waals surface area contributed by atoms with Gasteiger partial charge in [0, 0.05) is 17.9 Å². The van der Waals surface area contributed by atoms with E-state index >= 15 is 0 Å². The molecule has 1 heterocycles. The Hall–Kier alpha value is -1.09. The number of hydrogen-bond donors (Lipinski definition) is 1. The summed E-state index contributed by atoms with van der Waals surface area (Å²) in [6, 6.07) is 5.41. The number of ether oxygens (including phenoxy) is 1. The van der Waals surface area contributed by atoms with E-state index in [0.717, 1.165) is 18.7 Å². The van der Waals surface area contributed by atoms with E-state index < -0.39 is 0 Å². The second kappa shape index (κ2) is 4.19.